The number of carbonyl (C=O) groups is 1. The van der Waals surface area contributed by atoms with Crippen LogP contribution in [0.1, 0.15) is 6.42 Å². The van der Waals surface area contributed by atoms with Crippen LogP contribution in [0.4, 0.5) is 5.69 Å². The molecule has 1 aromatic heterocycles. The van der Waals surface area contributed by atoms with Gasteiger partial charge in [-0.1, -0.05) is 6.07 Å². The number of nitrogens with zero attached hydrogens (tertiary/aromatic N) is 1. The number of anilines is 1. The van der Waals surface area contributed by atoms with E-state index in [9.17, 15) is 9.59 Å². The highest BCUT2D eigenvalue weighted by Crippen LogP contribution is 2.19. The molecule has 25 heavy (non-hydrogen) atoms. The Balaban J connectivity index is 1.38. The van der Waals surface area contributed by atoms with Crippen LogP contribution in [0.5, 0.6) is 0 Å². The smallest absolute Gasteiger partial charge is 0.330 e. The minimum Gasteiger partial charge on any atom is -0.377 e. The molecule has 8 nitrogen and oxygen atoms in total. The lowest BCUT2D eigenvalue weighted by Crippen LogP contribution is -2.52. The van der Waals surface area contributed by atoms with Crippen molar-refractivity contribution in [3.8, 4) is 5.69 Å². The highest BCUT2D eigenvalue weighted by molar-refractivity contribution is 5.91. The Bertz CT molecular complexity index is 815. The number of fused-ring (bicyclic) bond motifs is 1. The molecule has 0 unspecified atom stereocenters. The third kappa shape index (κ3) is 3.51. The van der Waals surface area contributed by atoms with Crippen LogP contribution < -0.4 is 16.3 Å². The number of hydrogen-bond acceptors (Lipinski definition) is 5. The fraction of sp³-hybridized carbons (Fsp3) is 0.412. The number of ether oxygens (including phenoxy) is 2. The van der Waals surface area contributed by atoms with E-state index in [1.165, 1.54) is 4.57 Å². The van der Waals surface area contributed by atoms with Crippen LogP contribution in [0.15, 0.2) is 41.5 Å². The standard InChI is InChI=1S/C17H20N4O4/c22-16(7-13-8-19-14-9-24-10-15(14)25-13)20-11-2-1-3-12(6-11)21-5-4-18-17(21)23/h1-6,13-15,19H,7-10H2,(H,18,23)(H,20,22)/t13-,14-,15-/m1/s1. The Morgan fingerprint density at radius 1 is 1.36 bits per heavy atom. The van der Waals surface area contributed by atoms with Gasteiger partial charge in [0, 0.05) is 24.6 Å². The normalized spacial score (nSPS) is 25.5. The van der Waals surface area contributed by atoms with E-state index in [1.54, 1.807) is 36.7 Å². The molecule has 4 rings (SSSR count). The maximum Gasteiger partial charge on any atom is 0.330 e. The van der Waals surface area contributed by atoms with Gasteiger partial charge >= 0.3 is 5.69 Å². The van der Waals surface area contributed by atoms with Gasteiger partial charge in [0.2, 0.25) is 5.91 Å². The number of benzene rings is 1. The molecule has 0 spiro atoms. The lowest BCUT2D eigenvalue weighted by molar-refractivity contribution is -0.122. The minimum atomic E-state index is -0.224. The van der Waals surface area contributed by atoms with Crippen molar-refractivity contribution in [2.24, 2.45) is 0 Å². The fourth-order valence-electron chi connectivity index (χ4n) is 3.23. The van der Waals surface area contributed by atoms with Crippen molar-refractivity contribution >= 4 is 11.6 Å². The lowest BCUT2D eigenvalue weighted by Gasteiger charge is -2.32. The number of aromatic nitrogens is 2. The zero-order valence-corrected chi connectivity index (χ0v) is 13.6. The molecule has 0 bridgehead atoms. The van der Waals surface area contributed by atoms with Crippen molar-refractivity contribution in [1.29, 1.82) is 0 Å². The first-order valence-electron chi connectivity index (χ1n) is 8.32. The van der Waals surface area contributed by atoms with E-state index < -0.39 is 0 Å². The van der Waals surface area contributed by atoms with Crippen LogP contribution in [0.3, 0.4) is 0 Å². The summed E-state index contributed by atoms with van der Waals surface area (Å²) in [6.45, 7) is 1.87. The van der Waals surface area contributed by atoms with Crippen LogP contribution in [0.2, 0.25) is 0 Å². The minimum absolute atomic E-state index is 0.0235. The van der Waals surface area contributed by atoms with Crippen LogP contribution >= 0.6 is 0 Å². The molecule has 2 aliphatic heterocycles. The van der Waals surface area contributed by atoms with Crippen molar-refractivity contribution in [3.05, 3.63) is 47.1 Å². The maximum atomic E-state index is 12.3. The van der Waals surface area contributed by atoms with Crippen molar-refractivity contribution < 1.29 is 14.3 Å². The second-order valence-electron chi connectivity index (χ2n) is 6.29. The van der Waals surface area contributed by atoms with Crippen LogP contribution in [0.25, 0.3) is 5.69 Å². The molecule has 8 heteroatoms. The Labute approximate surface area is 144 Å². The Morgan fingerprint density at radius 3 is 3.12 bits per heavy atom. The molecule has 2 aliphatic rings. The largest absolute Gasteiger partial charge is 0.377 e. The topological polar surface area (TPSA) is 97.4 Å². The highest BCUT2D eigenvalue weighted by Gasteiger charge is 2.35. The SMILES string of the molecule is O=C(C[C@@H]1CN[C@@H]2COC[C@H]2O1)Nc1cccc(-n2cc[nH]c2=O)c1. The number of nitrogens with one attached hydrogen (secondary N) is 3. The average molecular weight is 344 g/mol. The Hall–Kier alpha value is -2.42. The van der Waals surface area contributed by atoms with E-state index in [-0.39, 0.29) is 36.3 Å². The molecule has 2 saturated heterocycles. The molecule has 2 aromatic rings. The fourth-order valence-corrected chi connectivity index (χ4v) is 3.23. The van der Waals surface area contributed by atoms with Gasteiger partial charge in [0.05, 0.1) is 43.6 Å². The molecule has 2 fully saturated rings. The number of H-pyrrole nitrogens is 1. The third-order valence-electron chi connectivity index (χ3n) is 4.47. The predicted octanol–water partition coefficient (Wildman–Crippen LogP) is 0.250. The van der Waals surface area contributed by atoms with Crippen LogP contribution in [0, 0.1) is 0 Å². The Kier molecular flexibility index (Phi) is 4.39. The van der Waals surface area contributed by atoms with E-state index in [1.807, 2.05) is 0 Å². The van der Waals surface area contributed by atoms with E-state index in [2.05, 4.69) is 15.6 Å². The van der Waals surface area contributed by atoms with E-state index in [4.69, 9.17) is 9.47 Å². The second kappa shape index (κ2) is 6.83. The van der Waals surface area contributed by atoms with Crippen LogP contribution in [-0.2, 0) is 14.3 Å². The predicted molar refractivity (Wildman–Crippen MR) is 90.9 cm³/mol. The van der Waals surface area contributed by atoms with Crippen LogP contribution in [-0.4, -0.2) is 53.5 Å². The molecule has 132 valence electrons. The maximum absolute atomic E-state index is 12.3. The van der Waals surface area contributed by atoms with Gasteiger partial charge in [0.1, 0.15) is 0 Å². The molecular formula is C17H20N4O4. The van der Waals surface area contributed by atoms with Crippen molar-refractivity contribution in [2.45, 2.75) is 24.7 Å². The number of amides is 1. The zero-order valence-electron chi connectivity index (χ0n) is 13.6. The number of morpholine rings is 1. The van der Waals surface area contributed by atoms with Crippen molar-refractivity contribution in [3.63, 3.8) is 0 Å². The van der Waals surface area contributed by atoms with Crippen molar-refractivity contribution in [2.75, 3.05) is 25.1 Å². The summed E-state index contributed by atoms with van der Waals surface area (Å²) < 4.78 is 12.8. The summed E-state index contributed by atoms with van der Waals surface area (Å²) in [4.78, 5) is 26.6. The van der Waals surface area contributed by atoms with E-state index >= 15 is 0 Å². The summed E-state index contributed by atoms with van der Waals surface area (Å²) in [5, 5.41) is 6.23. The van der Waals surface area contributed by atoms with Gasteiger partial charge in [-0.3, -0.25) is 9.36 Å². The molecule has 0 saturated carbocycles. The molecule has 3 heterocycles. The Morgan fingerprint density at radius 2 is 2.28 bits per heavy atom. The molecule has 3 N–H and O–H groups in total. The number of hydrogen-bond donors (Lipinski definition) is 3. The first-order valence-corrected chi connectivity index (χ1v) is 8.32. The quantitative estimate of drug-likeness (QED) is 0.739. The zero-order chi connectivity index (χ0) is 17.2. The lowest BCUT2D eigenvalue weighted by atomic mass is 10.1. The number of aromatic amines is 1. The van der Waals surface area contributed by atoms with Gasteiger partial charge in [0.15, 0.2) is 0 Å². The first kappa shape index (κ1) is 16.1. The van der Waals surface area contributed by atoms with E-state index in [0.29, 0.717) is 31.1 Å². The second-order valence-corrected chi connectivity index (χ2v) is 6.29. The third-order valence-corrected chi connectivity index (χ3v) is 4.47. The molecule has 0 aliphatic carbocycles. The van der Waals surface area contributed by atoms with Crippen molar-refractivity contribution in [1.82, 2.24) is 14.9 Å². The molecule has 1 aromatic carbocycles. The number of carbonyl (C=O) groups excluding carboxylic acids is 1. The first-order chi connectivity index (χ1) is 12.2. The molecule has 3 atom stereocenters. The monoisotopic (exact) mass is 344 g/mol. The van der Waals surface area contributed by atoms with Gasteiger partial charge in [-0.2, -0.15) is 0 Å². The summed E-state index contributed by atoms with van der Waals surface area (Å²) in [7, 11) is 0. The molecule has 1 amide bonds. The summed E-state index contributed by atoms with van der Waals surface area (Å²) >= 11 is 0. The number of imidazole rings is 1. The number of rotatable bonds is 4. The molecular weight excluding hydrogens is 324 g/mol. The summed E-state index contributed by atoms with van der Waals surface area (Å²) in [6, 6.07) is 7.38. The summed E-state index contributed by atoms with van der Waals surface area (Å²) in [6.07, 6.45) is 3.34. The van der Waals surface area contributed by atoms with Gasteiger partial charge in [0.25, 0.3) is 0 Å². The average Bonchev–Trinajstić information content (AvgIpc) is 3.23. The van der Waals surface area contributed by atoms with Gasteiger partial charge in [-0.05, 0) is 18.2 Å². The summed E-state index contributed by atoms with van der Waals surface area (Å²) in [5.41, 5.74) is 1.10. The van der Waals surface area contributed by atoms with Gasteiger partial charge in [-0.25, -0.2) is 4.79 Å². The highest BCUT2D eigenvalue weighted by atomic mass is 16.6. The summed E-state index contributed by atoms with van der Waals surface area (Å²) in [5.74, 6) is -0.122. The van der Waals surface area contributed by atoms with E-state index in [0.717, 1.165) is 0 Å². The molecule has 0 radical (unpaired) electrons. The van der Waals surface area contributed by atoms with Gasteiger partial charge < -0.3 is 25.1 Å². The van der Waals surface area contributed by atoms with Gasteiger partial charge in [-0.15, -0.1) is 0 Å².